The van der Waals surface area contributed by atoms with E-state index in [1.807, 2.05) is 73.3 Å². The van der Waals surface area contributed by atoms with Gasteiger partial charge in [-0.15, -0.1) is 0 Å². The summed E-state index contributed by atoms with van der Waals surface area (Å²) in [6, 6.07) is 17.0. The highest BCUT2D eigenvalue weighted by molar-refractivity contribution is 7.84. The van der Waals surface area contributed by atoms with Gasteiger partial charge in [-0.2, -0.15) is 0 Å². The zero-order valence-electron chi connectivity index (χ0n) is 22.8. The molecule has 3 unspecified atom stereocenters. The molecule has 1 saturated heterocycles. The third-order valence-corrected chi connectivity index (χ3v) is 9.30. The fourth-order valence-corrected chi connectivity index (χ4v) is 6.38. The summed E-state index contributed by atoms with van der Waals surface area (Å²) in [7, 11) is -1.04. The van der Waals surface area contributed by atoms with Gasteiger partial charge in [-0.1, -0.05) is 67.4 Å². The number of likely N-dealkylation sites (tertiary alicyclic amines) is 1. The molecular weight excluding hydrogens is 555 g/mol. The van der Waals surface area contributed by atoms with E-state index in [9.17, 15) is 19.2 Å². The lowest BCUT2D eigenvalue weighted by molar-refractivity contribution is -0.147. The van der Waals surface area contributed by atoms with Crippen LogP contribution in [0.15, 0.2) is 54.6 Å². The van der Waals surface area contributed by atoms with Crippen LogP contribution in [-0.4, -0.2) is 55.8 Å². The Bertz CT molecular complexity index is 1040. The zero-order valence-corrected chi connectivity index (χ0v) is 25.2. The van der Waals surface area contributed by atoms with E-state index < -0.39 is 17.1 Å². The highest BCUT2D eigenvalue weighted by atomic mass is 35.5. The highest BCUT2D eigenvalue weighted by Gasteiger charge is 2.45. The molecule has 0 radical (unpaired) electrons. The second-order valence-electron chi connectivity index (χ2n) is 10.2. The van der Waals surface area contributed by atoms with Crippen molar-refractivity contribution in [3.05, 3.63) is 70.2 Å². The van der Waals surface area contributed by atoms with Crippen LogP contribution in [0.4, 0.5) is 0 Å². The van der Waals surface area contributed by atoms with Crippen molar-refractivity contribution >= 4 is 40.1 Å². The second-order valence-corrected chi connectivity index (χ2v) is 12.6. The minimum absolute atomic E-state index is 0.0186. The molecule has 1 amide bonds. The second kappa shape index (κ2) is 16.1. The zero-order chi connectivity index (χ0) is 28.4. The maximum absolute atomic E-state index is 13.6. The van der Waals surface area contributed by atoms with Crippen LogP contribution in [0.2, 0.25) is 10.0 Å². The molecule has 2 aromatic rings. The number of carbonyl (C=O) groups excluding carboxylic acids is 1. The fraction of sp³-hybridized carbons (Fsp3) is 0.567. The largest absolute Gasteiger partial charge is 0.394 e. The Morgan fingerprint density at radius 1 is 0.949 bits per heavy atom. The number of hydrogen-bond acceptors (Lipinski definition) is 4. The number of nitrogens with one attached hydrogen (secondary N) is 1. The number of carbonyl (C=O) groups is 1. The lowest BCUT2D eigenvalue weighted by Crippen LogP contribution is -2.54. The van der Waals surface area contributed by atoms with Gasteiger partial charge in [0.15, 0.2) is 0 Å². The molecule has 5 atom stereocenters. The molecule has 5 rings (SSSR count). The van der Waals surface area contributed by atoms with Crippen LogP contribution in [0.3, 0.4) is 0 Å². The molecule has 0 spiro atoms. The van der Waals surface area contributed by atoms with Gasteiger partial charge < -0.3 is 15.1 Å². The quantitative estimate of drug-likeness (QED) is 0.317. The molecule has 0 aromatic heterocycles. The average molecular weight is 598 g/mol. The van der Waals surface area contributed by atoms with E-state index in [0.717, 1.165) is 42.7 Å². The first-order valence-electron chi connectivity index (χ1n) is 14.1. The lowest BCUT2D eigenvalue weighted by atomic mass is 9.83. The van der Waals surface area contributed by atoms with E-state index in [1.165, 1.54) is 0 Å². The van der Waals surface area contributed by atoms with Crippen LogP contribution in [-0.2, 0) is 15.8 Å². The number of nitrogens with zero attached hydrogens (tertiary/aromatic N) is 1. The van der Waals surface area contributed by atoms with Gasteiger partial charge >= 0.3 is 0 Å². The Labute approximate surface area is 245 Å². The summed E-state index contributed by atoms with van der Waals surface area (Å²) in [5.41, 5.74) is 1.06. The summed E-state index contributed by atoms with van der Waals surface area (Å²) in [5.74, 6) is 0.143. The van der Waals surface area contributed by atoms with Crippen molar-refractivity contribution in [1.82, 2.24) is 9.62 Å². The first-order chi connectivity index (χ1) is 18.9. The van der Waals surface area contributed by atoms with Crippen LogP contribution in [0.1, 0.15) is 70.4 Å². The van der Waals surface area contributed by atoms with Crippen molar-refractivity contribution in [3.63, 3.8) is 0 Å². The molecule has 9 heteroatoms. The molecule has 2 saturated carbocycles. The van der Waals surface area contributed by atoms with Gasteiger partial charge in [-0.05, 0) is 80.7 Å². The van der Waals surface area contributed by atoms with Gasteiger partial charge in [0, 0.05) is 33.8 Å². The number of hydrogen-bond donors (Lipinski definition) is 3. The number of halogens is 2. The van der Waals surface area contributed by atoms with Crippen molar-refractivity contribution in [1.29, 1.82) is 0 Å². The number of piperidine rings is 1. The van der Waals surface area contributed by atoms with Gasteiger partial charge in [-0.3, -0.25) is 4.79 Å². The Morgan fingerprint density at radius 3 is 2.08 bits per heavy atom. The maximum Gasteiger partial charge on any atom is 0.226 e. The number of aliphatic hydroxyl groups excluding tert-OH is 2. The van der Waals surface area contributed by atoms with Gasteiger partial charge in [0.25, 0.3) is 0 Å². The average Bonchev–Trinajstić information content (AvgIpc) is 3.87. The van der Waals surface area contributed by atoms with Crippen LogP contribution >= 0.6 is 23.2 Å². The van der Waals surface area contributed by atoms with E-state index in [2.05, 4.69) is 4.72 Å². The fourth-order valence-electron chi connectivity index (χ4n) is 4.97. The third-order valence-electron chi connectivity index (χ3n) is 7.27. The smallest absolute Gasteiger partial charge is 0.226 e. The summed E-state index contributed by atoms with van der Waals surface area (Å²) in [4.78, 5) is 15.6. The van der Waals surface area contributed by atoms with E-state index in [4.69, 9.17) is 23.2 Å². The van der Waals surface area contributed by atoms with Crippen LogP contribution in [0, 0.1) is 11.8 Å². The monoisotopic (exact) mass is 596 g/mol. The standard InChI is InChI=1S/C22H31ClN2O4S.C6H5Cl.C2H6/c23-17-6-3-14(4-7-17)20-10-5-16(11-18(27)13-26)22(28)25(20)21(15-1-2-15)12-24-30(29)19-8-9-19;7-6-4-2-1-3-5-6;1-2/h3-4,6-7,15-16,18-21,24,26-27H,1-2,5,8-13H2;1-5H;1-2H3/t16-,18?,20+,21?,30?;;/m1../s1. The number of rotatable bonds is 10. The first kappa shape index (κ1) is 32.0. The van der Waals surface area contributed by atoms with Crippen LogP contribution in [0.5, 0.6) is 0 Å². The first-order valence-corrected chi connectivity index (χ1v) is 16.1. The summed E-state index contributed by atoms with van der Waals surface area (Å²) in [6.07, 6.45) is 5.03. The summed E-state index contributed by atoms with van der Waals surface area (Å²) in [5, 5.41) is 20.9. The molecule has 2 aromatic carbocycles. The molecule has 3 aliphatic rings. The van der Waals surface area contributed by atoms with E-state index in [1.54, 1.807) is 0 Å². The predicted molar refractivity (Wildman–Crippen MR) is 160 cm³/mol. The molecule has 1 aliphatic heterocycles. The van der Waals surface area contributed by atoms with Gasteiger partial charge in [0.1, 0.15) is 0 Å². The Kier molecular flexibility index (Phi) is 13.2. The Balaban J connectivity index is 0.000000401. The minimum atomic E-state index is -1.04. The Morgan fingerprint density at radius 2 is 1.56 bits per heavy atom. The molecule has 39 heavy (non-hydrogen) atoms. The lowest BCUT2D eigenvalue weighted by Gasteiger charge is -2.45. The number of aliphatic hydroxyl groups is 2. The Hall–Kier alpha value is -1.48. The van der Waals surface area contributed by atoms with E-state index in [0.29, 0.717) is 23.9 Å². The SMILES string of the molecule is CC.Clc1ccccc1.O=C1[C@@H](CC(O)CO)CC[C@@H](c2ccc(Cl)cc2)N1C(CNS(=O)C1CC1)C1CC1. The van der Waals surface area contributed by atoms with Crippen LogP contribution in [0.25, 0.3) is 0 Å². The summed E-state index contributed by atoms with van der Waals surface area (Å²) < 4.78 is 15.6. The van der Waals surface area contributed by atoms with Crippen molar-refractivity contribution in [2.45, 2.75) is 82.2 Å². The minimum Gasteiger partial charge on any atom is -0.394 e. The van der Waals surface area contributed by atoms with E-state index in [-0.39, 0.29) is 42.2 Å². The molecule has 0 bridgehead atoms. The van der Waals surface area contributed by atoms with E-state index >= 15 is 0 Å². The summed E-state index contributed by atoms with van der Waals surface area (Å²) >= 11 is 11.6. The molecule has 3 N–H and O–H groups in total. The molecule has 1 heterocycles. The predicted octanol–water partition coefficient (Wildman–Crippen LogP) is 5.92. The van der Waals surface area contributed by atoms with Crippen molar-refractivity contribution < 1.29 is 19.2 Å². The molecular formula is C30H42Cl2N2O4S. The number of benzene rings is 2. The molecule has 2 aliphatic carbocycles. The highest BCUT2D eigenvalue weighted by Crippen LogP contribution is 2.44. The van der Waals surface area contributed by atoms with Crippen LogP contribution < -0.4 is 4.72 Å². The summed E-state index contributed by atoms with van der Waals surface area (Å²) in [6.45, 7) is 4.19. The van der Waals surface area contributed by atoms with Crippen molar-refractivity contribution in [3.8, 4) is 0 Å². The molecule has 216 valence electrons. The van der Waals surface area contributed by atoms with Crippen molar-refractivity contribution in [2.75, 3.05) is 13.2 Å². The number of amides is 1. The molecule has 6 nitrogen and oxygen atoms in total. The third kappa shape index (κ3) is 9.83. The molecule has 3 fully saturated rings. The van der Waals surface area contributed by atoms with Gasteiger partial charge in [-0.25, -0.2) is 8.93 Å². The van der Waals surface area contributed by atoms with Gasteiger partial charge in [0.2, 0.25) is 5.91 Å². The van der Waals surface area contributed by atoms with Crippen molar-refractivity contribution in [2.24, 2.45) is 11.8 Å². The topological polar surface area (TPSA) is 89.9 Å². The van der Waals surface area contributed by atoms with Gasteiger partial charge in [0.05, 0.1) is 29.7 Å². The maximum atomic E-state index is 13.6. The normalized spacial score (nSPS) is 23.0.